The van der Waals surface area contributed by atoms with Crippen LogP contribution >= 0.6 is 0 Å². The Bertz CT molecular complexity index is 506. The first-order valence-electron chi connectivity index (χ1n) is 8.42. The van der Waals surface area contributed by atoms with Crippen LogP contribution in [0.3, 0.4) is 0 Å². The van der Waals surface area contributed by atoms with E-state index >= 15 is 0 Å². The molecule has 0 radical (unpaired) electrons. The summed E-state index contributed by atoms with van der Waals surface area (Å²) >= 11 is 0. The van der Waals surface area contributed by atoms with Gasteiger partial charge in [-0.2, -0.15) is 0 Å². The van der Waals surface area contributed by atoms with Crippen LogP contribution in [-0.2, 0) is 12.8 Å². The summed E-state index contributed by atoms with van der Waals surface area (Å²) in [5.74, 6) is 0.209. The number of nitrogens with one attached hydrogen (secondary N) is 1. The van der Waals surface area contributed by atoms with Crippen LogP contribution in [0.1, 0.15) is 54.1 Å². The van der Waals surface area contributed by atoms with Crippen molar-refractivity contribution in [3.05, 3.63) is 34.9 Å². The summed E-state index contributed by atoms with van der Waals surface area (Å²) in [5, 5.41) is 3.50. The lowest BCUT2D eigenvalue weighted by Gasteiger charge is -2.26. The van der Waals surface area contributed by atoms with E-state index in [2.05, 4.69) is 24.4 Å². The van der Waals surface area contributed by atoms with E-state index in [9.17, 15) is 4.79 Å². The Morgan fingerprint density at radius 2 is 2.14 bits per heavy atom. The van der Waals surface area contributed by atoms with E-state index in [0.717, 1.165) is 38.0 Å². The van der Waals surface area contributed by atoms with Crippen molar-refractivity contribution in [2.24, 2.45) is 0 Å². The van der Waals surface area contributed by atoms with Crippen LogP contribution in [0.5, 0.6) is 0 Å². The maximum absolute atomic E-state index is 12.8. The first-order valence-corrected chi connectivity index (χ1v) is 8.42. The van der Waals surface area contributed by atoms with Gasteiger partial charge in [0.25, 0.3) is 5.91 Å². The van der Waals surface area contributed by atoms with E-state index in [0.29, 0.717) is 6.04 Å². The number of fused-ring (bicyclic) bond motifs is 1. The molecule has 1 fully saturated rings. The highest BCUT2D eigenvalue weighted by atomic mass is 16.2. The van der Waals surface area contributed by atoms with Crippen LogP contribution in [0.4, 0.5) is 0 Å². The van der Waals surface area contributed by atoms with Gasteiger partial charge < -0.3 is 10.2 Å². The summed E-state index contributed by atoms with van der Waals surface area (Å²) in [6, 6.07) is 6.80. The second kappa shape index (κ2) is 6.61. The number of carbonyl (C=O) groups is 1. The molecular formula is C18H26N2O. The fourth-order valence-corrected chi connectivity index (χ4v) is 3.61. The Hall–Kier alpha value is -1.35. The second-order valence-corrected chi connectivity index (χ2v) is 6.38. The van der Waals surface area contributed by atoms with Gasteiger partial charge in [0.05, 0.1) is 0 Å². The first kappa shape index (κ1) is 14.6. The fourth-order valence-electron chi connectivity index (χ4n) is 3.61. The molecule has 1 heterocycles. The van der Waals surface area contributed by atoms with Crippen molar-refractivity contribution in [2.45, 2.75) is 51.5 Å². The molecule has 0 saturated carbocycles. The summed E-state index contributed by atoms with van der Waals surface area (Å²) in [6.45, 7) is 4.95. The predicted octanol–water partition coefficient (Wildman–Crippen LogP) is 2.78. The van der Waals surface area contributed by atoms with Crippen molar-refractivity contribution in [1.82, 2.24) is 10.2 Å². The van der Waals surface area contributed by atoms with Crippen LogP contribution in [0, 0.1) is 0 Å². The van der Waals surface area contributed by atoms with Crippen LogP contribution in [0.2, 0.25) is 0 Å². The van der Waals surface area contributed by atoms with Crippen molar-refractivity contribution in [1.29, 1.82) is 0 Å². The van der Waals surface area contributed by atoms with Gasteiger partial charge in [-0.3, -0.25) is 4.79 Å². The summed E-state index contributed by atoms with van der Waals surface area (Å²) in [6.07, 6.45) is 6.99. The van der Waals surface area contributed by atoms with Gasteiger partial charge >= 0.3 is 0 Å². The summed E-state index contributed by atoms with van der Waals surface area (Å²) < 4.78 is 0. The Kier molecular flexibility index (Phi) is 4.59. The van der Waals surface area contributed by atoms with E-state index in [1.54, 1.807) is 0 Å². The number of hydrogen-bond donors (Lipinski definition) is 1. The second-order valence-electron chi connectivity index (χ2n) is 6.38. The first-order chi connectivity index (χ1) is 10.3. The number of nitrogens with zero attached hydrogens (tertiary/aromatic N) is 1. The molecule has 0 aromatic heterocycles. The van der Waals surface area contributed by atoms with E-state index in [1.807, 2.05) is 11.0 Å². The third-order valence-electron chi connectivity index (χ3n) is 4.73. The van der Waals surface area contributed by atoms with Gasteiger partial charge in [0.2, 0.25) is 0 Å². The van der Waals surface area contributed by atoms with Gasteiger partial charge in [0, 0.05) is 24.7 Å². The fraction of sp³-hybridized carbons (Fsp3) is 0.611. The molecule has 21 heavy (non-hydrogen) atoms. The SMILES string of the molecule is CCCN(CC1CCCN1)C(=O)c1ccc2c(c1)CCC2. The number of rotatable bonds is 5. The van der Waals surface area contributed by atoms with Crippen molar-refractivity contribution in [3.8, 4) is 0 Å². The Morgan fingerprint density at radius 1 is 1.29 bits per heavy atom. The lowest BCUT2D eigenvalue weighted by molar-refractivity contribution is 0.0742. The molecule has 0 bridgehead atoms. The lowest BCUT2D eigenvalue weighted by atomic mass is 10.1. The number of carbonyl (C=O) groups excluding carboxylic acids is 1. The van der Waals surface area contributed by atoms with Crippen LogP contribution in [-0.4, -0.2) is 36.5 Å². The minimum Gasteiger partial charge on any atom is -0.337 e. The summed E-state index contributed by atoms with van der Waals surface area (Å²) in [4.78, 5) is 14.9. The van der Waals surface area contributed by atoms with Crippen LogP contribution < -0.4 is 5.32 Å². The molecule has 1 N–H and O–H groups in total. The number of hydrogen-bond acceptors (Lipinski definition) is 2. The molecule has 1 aliphatic heterocycles. The average molecular weight is 286 g/mol. The highest BCUT2D eigenvalue weighted by Crippen LogP contribution is 2.23. The van der Waals surface area contributed by atoms with Crippen molar-refractivity contribution in [3.63, 3.8) is 0 Å². The molecule has 1 unspecified atom stereocenters. The molecule has 3 rings (SSSR count). The summed E-state index contributed by atoms with van der Waals surface area (Å²) in [7, 11) is 0. The molecule has 1 aromatic carbocycles. The summed E-state index contributed by atoms with van der Waals surface area (Å²) in [5.41, 5.74) is 3.70. The lowest BCUT2D eigenvalue weighted by Crippen LogP contribution is -2.41. The predicted molar refractivity (Wildman–Crippen MR) is 85.7 cm³/mol. The topological polar surface area (TPSA) is 32.3 Å². The molecule has 3 heteroatoms. The number of aryl methyl sites for hydroxylation is 2. The Labute approximate surface area is 127 Å². The molecular weight excluding hydrogens is 260 g/mol. The smallest absolute Gasteiger partial charge is 0.253 e. The van der Waals surface area contributed by atoms with E-state index in [4.69, 9.17) is 0 Å². The minimum absolute atomic E-state index is 0.209. The largest absolute Gasteiger partial charge is 0.337 e. The van der Waals surface area contributed by atoms with Crippen LogP contribution in [0.15, 0.2) is 18.2 Å². The zero-order valence-corrected chi connectivity index (χ0v) is 13.0. The quantitative estimate of drug-likeness (QED) is 0.902. The van der Waals surface area contributed by atoms with Gasteiger partial charge in [-0.1, -0.05) is 13.0 Å². The molecule has 1 saturated heterocycles. The molecule has 3 nitrogen and oxygen atoms in total. The molecule has 1 atom stereocenters. The van der Waals surface area contributed by atoms with Gasteiger partial charge in [-0.05, 0) is 68.3 Å². The molecule has 114 valence electrons. The molecule has 2 aliphatic rings. The third kappa shape index (κ3) is 3.29. The van der Waals surface area contributed by atoms with Crippen molar-refractivity contribution >= 4 is 5.91 Å². The monoisotopic (exact) mass is 286 g/mol. The zero-order valence-electron chi connectivity index (χ0n) is 13.0. The van der Waals surface area contributed by atoms with E-state index < -0.39 is 0 Å². The van der Waals surface area contributed by atoms with Gasteiger partial charge in [-0.15, -0.1) is 0 Å². The van der Waals surface area contributed by atoms with Gasteiger partial charge in [-0.25, -0.2) is 0 Å². The standard InChI is InChI=1S/C18H26N2O/c1-2-11-20(13-17-7-4-10-19-17)18(21)16-9-8-14-5-3-6-15(14)12-16/h8-9,12,17,19H,2-7,10-11,13H2,1H3. The van der Waals surface area contributed by atoms with Crippen LogP contribution in [0.25, 0.3) is 0 Å². The van der Waals surface area contributed by atoms with Gasteiger partial charge in [0.1, 0.15) is 0 Å². The van der Waals surface area contributed by atoms with E-state index in [1.165, 1.54) is 36.8 Å². The molecule has 0 spiro atoms. The highest BCUT2D eigenvalue weighted by molar-refractivity contribution is 5.94. The Balaban J connectivity index is 1.73. The highest BCUT2D eigenvalue weighted by Gasteiger charge is 2.23. The maximum atomic E-state index is 12.8. The molecule has 1 aliphatic carbocycles. The number of amides is 1. The third-order valence-corrected chi connectivity index (χ3v) is 4.73. The van der Waals surface area contributed by atoms with E-state index in [-0.39, 0.29) is 5.91 Å². The average Bonchev–Trinajstić information content (AvgIpc) is 3.16. The number of benzene rings is 1. The minimum atomic E-state index is 0.209. The van der Waals surface area contributed by atoms with Crippen molar-refractivity contribution in [2.75, 3.05) is 19.6 Å². The normalized spacial score (nSPS) is 20.5. The van der Waals surface area contributed by atoms with Crippen molar-refractivity contribution < 1.29 is 4.79 Å². The Morgan fingerprint density at radius 3 is 2.90 bits per heavy atom. The molecule has 1 amide bonds. The zero-order chi connectivity index (χ0) is 14.7. The van der Waals surface area contributed by atoms with Gasteiger partial charge in [0.15, 0.2) is 0 Å². The maximum Gasteiger partial charge on any atom is 0.253 e. The molecule has 1 aromatic rings.